The number of rotatable bonds is 3. The van der Waals surface area contributed by atoms with E-state index >= 15 is 0 Å². The van der Waals surface area contributed by atoms with Gasteiger partial charge in [0, 0.05) is 20.5 Å². The Kier molecular flexibility index (Phi) is 4.55. The summed E-state index contributed by atoms with van der Waals surface area (Å²) in [6, 6.07) is 6.92. The molecule has 0 unspecified atom stereocenters. The van der Waals surface area contributed by atoms with Gasteiger partial charge in [0.15, 0.2) is 0 Å². The third-order valence-electron chi connectivity index (χ3n) is 7.73. The van der Waals surface area contributed by atoms with Gasteiger partial charge in [-0.1, -0.05) is 39.4 Å². The lowest BCUT2D eigenvalue weighted by molar-refractivity contribution is -0.154. The largest absolute Gasteiger partial charge is 0.480 e. The lowest BCUT2D eigenvalue weighted by atomic mass is 9.68. The van der Waals surface area contributed by atoms with Crippen molar-refractivity contribution in [1.29, 1.82) is 0 Å². The number of thioether (sulfide) groups is 1. The summed E-state index contributed by atoms with van der Waals surface area (Å²) in [7, 11) is 0. The molecule has 2 aliphatic carbocycles. The van der Waals surface area contributed by atoms with Crippen LogP contribution in [-0.2, 0) is 14.4 Å². The summed E-state index contributed by atoms with van der Waals surface area (Å²) in [6.45, 7) is 1.40. The summed E-state index contributed by atoms with van der Waals surface area (Å²) in [5, 5.41) is 10.4. The third-order valence-corrected chi connectivity index (χ3v) is 10.8. The fourth-order valence-electron chi connectivity index (χ4n) is 6.58. The second-order valence-corrected chi connectivity index (χ2v) is 12.2. The van der Waals surface area contributed by atoms with Crippen LogP contribution in [-0.4, -0.2) is 44.1 Å². The van der Waals surface area contributed by atoms with Crippen LogP contribution in [0.1, 0.15) is 29.7 Å². The number of imide groups is 1. The van der Waals surface area contributed by atoms with Crippen LogP contribution in [0.5, 0.6) is 0 Å². The second-order valence-electron chi connectivity index (χ2n) is 9.07. The van der Waals surface area contributed by atoms with E-state index in [1.807, 2.05) is 12.1 Å². The van der Waals surface area contributed by atoms with Gasteiger partial charge in [0.25, 0.3) is 0 Å². The van der Waals surface area contributed by atoms with Crippen molar-refractivity contribution in [1.82, 2.24) is 9.88 Å². The van der Waals surface area contributed by atoms with Crippen LogP contribution in [0, 0.1) is 29.6 Å². The first kappa shape index (κ1) is 20.7. The van der Waals surface area contributed by atoms with Gasteiger partial charge in [0.05, 0.1) is 16.9 Å². The maximum Gasteiger partial charge on any atom is 0.326 e. The maximum absolute atomic E-state index is 13.3. The van der Waals surface area contributed by atoms with Crippen molar-refractivity contribution in [3.05, 3.63) is 48.8 Å². The monoisotopic (exact) mass is 534 g/mol. The normalized spacial score (nSPS) is 35.6. The molecule has 2 amide bonds. The number of benzene rings is 1. The zero-order valence-corrected chi connectivity index (χ0v) is 20.1. The number of aromatic nitrogens is 1. The number of amides is 2. The molecular weight excluding hydrogens is 516 g/mol. The highest BCUT2D eigenvalue weighted by molar-refractivity contribution is 9.10. The number of nitrogens with zero attached hydrogens (tertiary/aromatic N) is 1. The van der Waals surface area contributed by atoms with Crippen molar-refractivity contribution in [2.75, 3.05) is 0 Å². The number of aliphatic carboxylic acids is 1. The zero-order valence-electron chi connectivity index (χ0n) is 16.9. The average Bonchev–Trinajstić information content (AvgIpc) is 3.47. The number of carboxylic acids is 1. The fraction of sp³-hybridized carbons (Fsp3) is 0.455. The molecule has 2 aromatic rings. The Morgan fingerprint density at radius 2 is 1.81 bits per heavy atom. The molecule has 7 nitrogen and oxygen atoms in total. The number of thiazole rings is 1. The molecule has 10 heteroatoms. The Morgan fingerprint density at radius 1 is 1.16 bits per heavy atom. The predicted molar refractivity (Wildman–Crippen MR) is 122 cm³/mol. The Balaban J connectivity index is 1.45. The van der Waals surface area contributed by atoms with Gasteiger partial charge in [-0.05, 0) is 48.8 Å². The Hall–Kier alpha value is -1.91. The minimum atomic E-state index is -1.17. The van der Waals surface area contributed by atoms with Crippen LogP contribution in [0.4, 0.5) is 0 Å². The van der Waals surface area contributed by atoms with Crippen molar-refractivity contribution < 1.29 is 19.5 Å². The summed E-state index contributed by atoms with van der Waals surface area (Å²) < 4.78 is 0.966. The summed E-state index contributed by atoms with van der Waals surface area (Å²) >= 11 is 6.34. The van der Waals surface area contributed by atoms with Gasteiger partial charge >= 0.3 is 10.8 Å². The number of halogens is 1. The zero-order chi connectivity index (χ0) is 22.5. The van der Waals surface area contributed by atoms with Crippen molar-refractivity contribution in [2.45, 2.75) is 35.6 Å². The number of carboxylic acid groups (broad SMARTS) is 1. The number of hydrogen-bond donors (Lipinski definition) is 2. The van der Waals surface area contributed by atoms with E-state index < -0.39 is 23.8 Å². The third kappa shape index (κ3) is 2.66. The molecule has 1 aromatic carbocycles. The molecule has 32 heavy (non-hydrogen) atoms. The molecule has 0 radical (unpaired) electrons. The van der Waals surface area contributed by atoms with Crippen molar-refractivity contribution in [3.63, 3.8) is 0 Å². The molecule has 2 aliphatic heterocycles. The molecule has 2 N–H and O–H groups in total. The average molecular weight is 535 g/mol. The van der Waals surface area contributed by atoms with Crippen LogP contribution in [0.2, 0.25) is 0 Å². The molecular formula is C22H19BrN2O5S2. The molecule has 3 fully saturated rings. The molecule has 4 aliphatic rings. The number of H-pyrrole nitrogens is 1. The van der Waals surface area contributed by atoms with Crippen LogP contribution >= 0.6 is 39.0 Å². The standard InChI is InChI=1S/C22H19BrN2O5S2/c1-7(21(28)29)25-19(26)14-10-6-11(15(14)20(25)27)16-13(10)12(8-2-4-9(23)5-3-8)17-18(31-16)24-22(30)32-17/h2-5,7,10-16H,6H2,1H3,(H,24,30)(H,28,29)/t7-,10+,11-,12-,13-,14+,15-,16+/m0/s1. The number of carbonyl (C=O) groups is 3. The van der Waals surface area contributed by atoms with Gasteiger partial charge in [-0.25, -0.2) is 4.79 Å². The topological polar surface area (TPSA) is 108 Å². The number of nitrogens with one attached hydrogen (secondary N) is 1. The molecule has 2 saturated carbocycles. The summed E-state index contributed by atoms with van der Waals surface area (Å²) in [4.78, 5) is 55.2. The molecule has 2 bridgehead atoms. The molecule has 166 valence electrons. The first-order chi connectivity index (χ1) is 15.3. The molecule has 3 heterocycles. The summed E-state index contributed by atoms with van der Waals surface area (Å²) in [5.74, 6) is -2.70. The number of likely N-dealkylation sites (tertiary alicyclic amines) is 1. The van der Waals surface area contributed by atoms with Gasteiger partial charge in [0.2, 0.25) is 11.8 Å². The molecule has 1 saturated heterocycles. The van der Waals surface area contributed by atoms with Crippen LogP contribution < -0.4 is 4.87 Å². The second kappa shape index (κ2) is 7.04. The van der Waals surface area contributed by atoms with Gasteiger partial charge < -0.3 is 10.1 Å². The van der Waals surface area contributed by atoms with E-state index in [0.717, 1.165) is 31.3 Å². The van der Waals surface area contributed by atoms with E-state index in [2.05, 4.69) is 33.0 Å². The molecule has 1 aromatic heterocycles. The van der Waals surface area contributed by atoms with Crippen molar-refractivity contribution in [2.24, 2.45) is 29.6 Å². The Bertz CT molecular complexity index is 1220. The van der Waals surface area contributed by atoms with E-state index in [9.17, 15) is 24.3 Å². The quantitative estimate of drug-likeness (QED) is 0.585. The molecule has 0 spiro atoms. The van der Waals surface area contributed by atoms with E-state index in [-0.39, 0.29) is 45.6 Å². The number of aromatic amines is 1. The fourth-order valence-corrected chi connectivity index (χ4v) is 9.73. The number of hydrogen-bond acceptors (Lipinski definition) is 6. The van der Waals surface area contributed by atoms with Crippen molar-refractivity contribution >= 4 is 56.8 Å². The molecule has 8 atom stereocenters. The highest BCUT2D eigenvalue weighted by Gasteiger charge is 2.70. The lowest BCUT2D eigenvalue weighted by Gasteiger charge is -2.43. The molecule has 6 rings (SSSR count). The summed E-state index contributed by atoms with van der Waals surface area (Å²) in [6.07, 6.45) is 0.788. The van der Waals surface area contributed by atoms with Crippen LogP contribution in [0.15, 0.2) is 38.6 Å². The van der Waals surface area contributed by atoms with Crippen molar-refractivity contribution in [3.8, 4) is 0 Å². The minimum Gasteiger partial charge on any atom is -0.480 e. The van der Waals surface area contributed by atoms with Crippen LogP contribution in [0.3, 0.4) is 0 Å². The Labute approximate surface area is 199 Å². The lowest BCUT2D eigenvalue weighted by Crippen LogP contribution is -2.44. The SMILES string of the molecule is C[C@@H](C(=O)O)N1C(=O)[C@@H]2[C@@H]3C[C@H]([C@H]4Sc5[nH]c(=O)sc5[C@@H](c5ccc(Br)cc5)[C@H]34)[C@@H]2C1=O. The predicted octanol–water partition coefficient (Wildman–Crippen LogP) is 3.15. The van der Waals surface area contributed by atoms with E-state index in [1.165, 1.54) is 18.3 Å². The van der Waals surface area contributed by atoms with Gasteiger partial charge in [-0.15, -0.1) is 11.8 Å². The van der Waals surface area contributed by atoms with E-state index in [1.54, 1.807) is 11.8 Å². The summed E-state index contributed by atoms with van der Waals surface area (Å²) in [5.41, 5.74) is 1.09. The maximum atomic E-state index is 13.3. The highest BCUT2D eigenvalue weighted by atomic mass is 79.9. The highest BCUT2D eigenvalue weighted by Crippen LogP contribution is 2.68. The van der Waals surface area contributed by atoms with Gasteiger partial charge in [-0.2, -0.15) is 0 Å². The first-order valence-electron chi connectivity index (χ1n) is 10.5. The first-order valence-corrected chi connectivity index (χ1v) is 13.0. The Morgan fingerprint density at radius 3 is 2.47 bits per heavy atom. The minimum absolute atomic E-state index is 0.00283. The van der Waals surface area contributed by atoms with E-state index in [0.29, 0.717) is 0 Å². The van der Waals surface area contributed by atoms with Gasteiger partial charge in [0.1, 0.15) is 6.04 Å². The van der Waals surface area contributed by atoms with Crippen LogP contribution in [0.25, 0.3) is 0 Å². The number of carbonyl (C=O) groups excluding carboxylic acids is 2. The van der Waals surface area contributed by atoms with Gasteiger partial charge in [-0.3, -0.25) is 19.3 Å². The smallest absolute Gasteiger partial charge is 0.326 e. The van der Waals surface area contributed by atoms with E-state index in [4.69, 9.17) is 0 Å². The number of fused-ring (bicyclic) bond motifs is 9.